The standard InChI is InChI=1S/C14H18N4O/c1-18(2)12-5-3-4-10(8-12)14-16-13(17-19-14)9-15-11-6-7-11/h3-5,8,11,15H,6-7,9H2,1-2H3. The van der Waals surface area contributed by atoms with Crippen molar-refractivity contribution in [3.05, 3.63) is 30.1 Å². The average molecular weight is 258 g/mol. The van der Waals surface area contributed by atoms with Gasteiger partial charge in [-0.05, 0) is 31.0 Å². The van der Waals surface area contributed by atoms with Crippen LogP contribution in [0.1, 0.15) is 18.7 Å². The lowest BCUT2D eigenvalue weighted by atomic mass is 10.2. The molecule has 0 unspecified atom stereocenters. The summed E-state index contributed by atoms with van der Waals surface area (Å²) in [4.78, 5) is 6.47. The molecule has 0 atom stereocenters. The summed E-state index contributed by atoms with van der Waals surface area (Å²) in [6.45, 7) is 0.682. The lowest BCUT2D eigenvalue weighted by molar-refractivity contribution is 0.419. The minimum absolute atomic E-state index is 0.580. The lowest BCUT2D eigenvalue weighted by Gasteiger charge is -2.12. The Balaban J connectivity index is 1.75. The SMILES string of the molecule is CN(C)c1cccc(-c2nc(CNC3CC3)no2)c1. The van der Waals surface area contributed by atoms with Crippen molar-refractivity contribution in [2.24, 2.45) is 0 Å². The van der Waals surface area contributed by atoms with E-state index in [9.17, 15) is 0 Å². The van der Waals surface area contributed by atoms with E-state index in [1.54, 1.807) is 0 Å². The molecule has 1 aliphatic carbocycles. The second-order valence-electron chi connectivity index (χ2n) is 5.12. The molecule has 0 spiro atoms. The number of nitrogens with zero attached hydrogens (tertiary/aromatic N) is 3. The van der Waals surface area contributed by atoms with Crippen LogP contribution in [0, 0.1) is 0 Å². The Morgan fingerprint density at radius 2 is 2.21 bits per heavy atom. The third kappa shape index (κ3) is 2.93. The van der Waals surface area contributed by atoms with E-state index >= 15 is 0 Å². The number of anilines is 1. The first kappa shape index (κ1) is 12.2. The number of rotatable bonds is 5. The van der Waals surface area contributed by atoms with Gasteiger partial charge in [0.1, 0.15) is 0 Å². The Bertz CT molecular complexity index is 560. The molecular formula is C14H18N4O. The van der Waals surface area contributed by atoms with Crippen molar-refractivity contribution < 1.29 is 4.52 Å². The molecule has 0 bridgehead atoms. The fourth-order valence-electron chi connectivity index (χ4n) is 1.88. The molecule has 0 aliphatic heterocycles. The van der Waals surface area contributed by atoms with Gasteiger partial charge >= 0.3 is 0 Å². The summed E-state index contributed by atoms with van der Waals surface area (Å²) >= 11 is 0. The van der Waals surface area contributed by atoms with Gasteiger partial charge in [0.05, 0.1) is 6.54 Å². The van der Waals surface area contributed by atoms with E-state index in [2.05, 4.69) is 26.4 Å². The largest absolute Gasteiger partial charge is 0.378 e. The normalized spacial score (nSPS) is 14.6. The van der Waals surface area contributed by atoms with Gasteiger partial charge in [-0.25, -0.2) is 0 Å². The van der Waals surface area contributed by atoms with Crippen LogP contribution in [-0.4, -0.2) is 30.3 Å². The molecule has 1 aliphatic rings. The van der Waals surface area contributed by atoms with Crippen LogP contribution >= 0.6 is 0 Å². The molecule has 0 radical (unpaired) electrons. The zero-order valence-electron chi connectivity index (χ0n) is 11.3. The van der Waals surface area contributed by atoms with E-state index in [0.29, 0.717) is 18.5 Å². The topological polar surface area (TPSA) is 54.2 Å². The summed E-state index contributed by atoms with van der Waals surface area (Å²) in [6.07, 6.45) is 2.52. The Hall–Kier alpha value is -1.88. The third-order valence-electron chi connectivity index (χ3n) is 3.20. The molecule has 1 aromatic heterocycles. The number of aromatic nitrogens is 2. The summed E-state index contributed by atoms with van der Waals surface area (Å²) in [5, 5.41) is 7.38. The average Bonchev–Trinajstić information content (AvgIpc) is 3.13. The summed E-state index contributed by atoms with van der Waals surface area (Å²) in [7, 11) is 4.02. The number of hydrogen-bond donors (Lipinski definition) is 1. The highest BCUT2D eigenvalue weighted by Crippen LogP contribution is 2.23. The quantitative estimate of drug-likeness (QED) is 0.889. The van der Waals surface area contributed by atoms with Crippen LogP contribution in [0.4, 0.5) is 5.69 Å². The van der Waals surface area contributed by atoms with E-state index in [-0.39, 0.29) is 0 Å². The molecular weight excluding hydrogens is 240 g/mol. The second-order valence-corrected chi connectivity index (χ2v) is 5.12. The molecule has 19 heavy (non-hydrogen) atoms. The van der Waals surface area contributed by atoms with Gasteiger partial charge in [-0.3, -0.25) is 0 Å². The van der Waals surface area contributed by atoms with Crippen molar-refractivity contribution in [3.63, 3.8) is 0 Å². The smallest absolute Gasteiger partial charge is 0.258 e. The summed E-state index contributed by atoms with van der Waals surface area (Å²) < 4.78 is 5.32. The van der Waals surface area contributed by atoms with E-state index in [4.69, 9.17) is 4.52 Å². The molecule has 1 fully saturated rings. The highest BCUT2D eigenvalue weighted by Gasteiger charge is 2.21. The van der Waals surface area contributed by atoms with E-state index < -0.39 is 0 Å². The summed E-state index contributed by atoms with van der Waals surface area (Å²) in [5.41, 5.74) is 2.07. The van der Waals surface area contributed by atoms with Crippen LogP contribution in [0.2, 0.25) is 0 Å². The molecule has 2 aromatic rings. The number of benzene rings is 1. The molecule has 1 aromatic carbocycles. The fraction of sp³-hybridized carbons (Fsp3) is 0.429. The minimum atomic E-state index is 0.580. The van der Waals surface area contributed by atoms with Crippen molar-refractivity contribution in [2.75, 3.05) is 19.0 Å². The molecule has 3 rings (SSSR count). The first-order valence-electron chi connectivity index (χ1n) is 6.56. The maximum absolute atomic E-state index is 5.32. The van der Waals surface area contributed by atoms with Gasteiger partial charge < -0.3 is 14.7 Å². The third-order valence-corrected chi connectivity index (χ3v) is 3.20. The fourth-order valence-corrected chi connectivity index (χ4v) is 1.88. The number of nitrogens with one attached hydrogen (secondary N) is 1. The van der Waals surface area contributed by atoms with Crippen molar-refractivity contribution in [1.82, 2.24) is 15.5 Å². The summed E-state index contributed by atoms with van der Waals surface area (Å²) in [6, 6.07) is 8.73. The molecule has 1 saturated carbocycles. The van der Waals surface area contributed by atoms with Gasteiger partial charge in [0, 0.05) is 31.4 Å². The predicted octanol–water partition coefficient (Wildman–Crippen LogP) is 2.05. The van der Waals surface area contributed by atoms with Crippen molar-refractivity contribution >= 4 is 5.69 Å². The Morgan fingerprint density at radius 3 is 2.95 bits per heavy atom. The van der Waals surface area contributed by atoms with E-state index in [1.807, 2.05) is 32.3 Å². The molecule has 1 heterocycles. The minimum Gasteiger partial charge on any atom is -0.378 e. The first-order chi connectivity index (χ1) is 9.22. The van der Waals surface area contributed by atoms with Gasteiger partial charge in [0.15, 0.2) is 5.82 Å². The van der Waals surface area contributed by atoms with Crippen LogP contribution in [0.15, 0.2) is 28.8 Å². The van der Waals surface area contributed by atoms with Crippen LogP contribution in [0.3, 0.4) is 0 Å². The predicted molar refractivity (Wildman–Crippen MR) is 73.9 cm³/mol. The molecule has 0 saturated heterocycles. The van der Waals surface area contributed by atoms with Gasteiger partial charge in [-0.2, -0.15) is 4.98 Å². The van der Waals surface area contributed by atoms with Crippen LogP contribution in [0.5, 0.6) is 0 Å². The maximum Gasteiger partial charge on any atom is 0.258 e. The zero-order valence-corrected chi connectivity index (χ0v) is 11.3. The van der Waals surface area contributed by atoms with E-state index in [0.717, 1.165) is 17.1 Å². The lowest BCUT2D eigenvalue weighted by Crippen LogP contribution is -2.16. The van der Waals surface area contributed by atoms with E-state index in [1.165, 1.54) is 12.8 Å². The zero-order chi connectivity index (χ0) is 13.2. The van der Waals surface area contributed by atoms with Crippen molar-refractivity contribution in [2.45, 2.75) is 25.4 Å². The van der Waals surface area contributed by atoms with Crippen molar-refractivity contribution in [1.29, 1.82) is 0 Å². The molecule has 5 nitrogen and oxygen atoms in total. The molecule has 0 amide bonds. The maximum atomic E-state index is 5.32. The highest BCUT2D eigenvalue weighted by molar-refractivity contribution is 5.61. The molecule has 5 heteroatoms. The van der Waals surface area contributed by atoms with Crippen LogP contribution < -0.4 is 10.2 Å². The summed E-state index contributed by atoms with van der Waals surface area (Å²) in [5.74, 6) is 1.30. The first-order valence-corrected chi connectivity index (χ1v) is 6.56. The van der Waals surface area contributed by atoms with Gasteiger partial charge in [0.2, 0.25) is 0 Å². The Kier molecular flexibility index (Phi) is 3.21. The molecule has 1 N–H and O–H groups in total. The van der Waals surface area contributed by atoms with Crippen molar-refractivity contribution in [3.8, 4) is 11.5 Å². The second kappa shape index (κ2) is 5.01. The monoisotopic (exact) mass is 258 g/mol. The van der Waals surface area contributed by atoms with Crippen LogP contribution in [0.25, 0.3) is 11.5 Å². The van der Waals surface area contributed by atoms with Gasteiger partial charge in [-0.15, -0.1) is 0 Å². The number of hydrogen-bond acceptors (Lipinski definition) is 5. The van der Waals surface area contributed by atoms with Gasteiger partial charge in [0.25, 0.3) is 5.89 Å². The molecule has 100 valence electrons. The Morgan fingerprint density at radius 1 is 1.37 bits per heavy atom. The highest BCUT2D eigenvalue weighted by atomic mass is 16.5. The van der Waals surface area contributed by atoms with Gasteiger partial charge in [-0.1, -0.05) is 11.2 Å². The Labute approximate surface area is 112 Å². The van der Waals surface area contributed by atoms with Crippen LogP contribution in [-0.2, 0) is 6.54 Å².